The number of piperidine rings is 1. The molecule has 0 saturated carbocycles. The molecular weight excluding hydrogens is 266 g/mol. The number of rotatable bonds is 3. The van der Waals surface area contributed by atoms with Gasteiger partial charge in [-0.05, 0) is 26.2 Å². The van der Waals surface area contributed by atoms with Crippen LogP contribution in [0, 0.1) is 11.8 Å². The molecule has 0 spiro atoms. The lowest BCUT2D eigenvalue weighted by Crippen LogP contribution is -2.56. The third kappa shape index (κ3) is 3.76. The Labute approximate surface area is 128 Å². The quantitative estimate of drug-likeness (QED) is 0.848. The molecule has 0 radical (unpaired) electrons. The molecule has 2 heterocycles. The first kappa shape index (κ1) is 16.3. The summed E-state index contributed by atoms with van der Waals surface area (Å²) in [5.74, 6) is 0.512. The second kappa shape index (κ2) is 7.25. The molecule has 5 heteroatoms. The zero-order valence-corrected chi connectivity index (χ0v) is 13.6. The molecule has 2 aliphatic heterocycles. The van der Waals surface area contributed by atoms with Crippen molar-refractivity contribution in [2.75, 3.05) is 32.7 Å². The zero-order valence-electron chi connectivity index (χ0n) is 13.6. The number of nitrogens with zero attached hydrogens (tertiary/aromatic N) is 2. The van der Waals surface area contributed by atoms with E-state index in [-0.39, 0.29) is 29.7 Å². The summed E-state index contributed by atoms with van der Waals surface area (Å²) in [6.45, 7) is 10.1. The van der Waals surface area contributed by atoms with Gasteiger partial charge in [0.15, 0.2) is 0 Å². The molecule has 2 aliphatic rings. The number of likely N-dealkylation sites (tertiary alicyclic amines) is 1. The summed E-state index contributed by atoms with van der Waals surface area (Å²) in [4.78, 5) is 29.0. The van der Waals surface area contributed by atoms with Gasteiger partial charge in [-0.3, -0.25) is 9.59 Å². The van der Waals surface area contributed by atoms with Crippen molar-refractivity contribution in [3.63, 3.8) is 0 Å². The average molecular weight is 295 g/mol. The lowest BCUT2D eigenvalue weighted by Gasteiger charge is -2.39. The van der Waals surface area contributed by atoms with Crippen LogP contribution in [0.25, 0.3) is 0 Å². The van der Waals surface area contributed by atoms with Gasteiger partial charge in [0, 0.05) is 44.7 Å². The van der Waals surface area contributed by atoms with Crippen molar-refractivity contribution < 1.29 is 9.59 Å². The molecule has 0 aromatic heterocycles. The van der Waals surface area contributed by atoms with Gasteiger partial charge < -0.3 is 15.1 Å². The van der Waals surface area contributed by atoms with Crippen LogP contribution < -0.4 is 5.32 Å². The van der Waals surface area contributed by atoms with E-state index in [1.54, 1.807) is 0 Å². The van der Waals surface area contributed by atoms with E-state index in [9.17, 15) is 9.59 Å². The van der Waals surface area contributed by atoms with Crippen molar-refractivity contribution in [3.8, 4) is 0 Å². The van der Waals surface area contributed by atoms with Crippen molar-refractivity contribution >= 4 is 11.8 Å². The Kier molecular flexibility index (Phi) is 5.62. The van der Waals surface area contributed by atoms with Crippen molar-refractivity contribution in [2.24, 2.45) is 11.8 Å². The van der Waals surface area contributed by atoms with E-state index >= 15 is 0 Å². The number of carbonyl (C=O) groups is 2. The van der Waals surface area contributed by atoms with Crippen LogP contribution in [0.4, 0.5) is 0 Å². The number of carbonyl (C=O) groups excluding carboxylic acids is 2. The number of hydrogen-bond acceptors (Lipinski definition) is 3. The summed E-state index contributed by atoms with van der Waals surface area (Å²) in [6.07, 6.45) is 2.72. The van der Waals surface area contributed by atoms with E-state index < -0.39 is 0 Å². The third-order valence-electron chi connectivity index (χ3n) is 4.90. The number of hydrogen-bond donors (Lipinski definition) is 1. The summed E-state index contributed by atoms with van der Waals surface area (Å²) >= 11 is 0. The standard InChI is InChI=1S/C16H29N3O2/c1-4-12(2)15(20)18-8-5-6-14(11-18)16(21)19-9-7-17-10-13(19)3/h12-14,17H,4-11H2,1-3H3. The van der Waals surface area contributed by atoms with E-state index in [4.69, 9.17) is 0 Å². The van der Waals surface area contributed by atoms with Crippen LogP contribution in [0.2, 0.25) is 0 Å². The van der Waals surface area contributed by atoms with Gasteiger partial charge in [0.05, 0.1) is 5.92 Å². The Balaban J connectivity index is 1.97. The molecule has 3 unspecified atom stereocenters. The van der Waals surface area contributed by atoms with Crippen LogP contribution in [0.1, 0.15) is 40.0 Å². The minimum absolute atomic E-state index is 0.00712. The van der Waals surface area contributed by atoms with Gasteiger partial charge >= 0.3 is 0 Å². The molecule has 21 heavy (non-hydrogen) atoms. The third-order valence-corrected chi connectivity index (χ3v) is 4.90. The lowest BCUT2D eigenvalue weighted by atomic mass is 9.94. The highest BCUT2D eigenvalue weighted by atomic mass is 16.2. The average Bonchev–Trinajstić information content (AvgIpc) is 2.53. The van der Waals surface area contributed by atoms with Crippen LogP contribution in [0.15, 0.2) is 0 Å². The number of piperazine rings is 1. The Morgan fingerprint density at radius 1 is 1.33 bits per heavy atom. The van der Waals surface area contributed by atoms with E-state index in [1.165, 1.54) is 0 Å². The molecule has 0 aromatic rings. The minimum Gasteiger partial charge on any atom is -0.342 e. The molecule has 2 saturated heterocycles. The highest BCUT2D eigenvalue weighted by Crippen LogP contribution is 2.22. The highest BCUT2D eigenvalue weighted by molar-refractivity contribution is 5.82. The van der Waals surface area contributed by atoms with Crippen LogP contribution in [0.3, 0.4) is 0 Å². The Morgan fingerprint density at radius 3 is 2.76 bits per heavy atom. The molecule has 2 rings (SSSR count). The number of nitrogens with one attached hydrogen (secondary N) is 1. The van der Waals surface area contributed by atoms with Crippen LogP contribution in [-0.4, -0.2) is 60.4 Å². The topological polar surface area (TPSA) is 52.7 Å². The maximum atomic E-state index is 12.7. The predicted octanol–water partition coefficient (Wildman–Crippen LogP) is 1.09. The second-order valence-electron chi connectivity index (χ2n) is 6.52. The van der Waals surface area contributed by atoms with Crippen LogP contribution >= 0.6 is 0 Å². The van der Waals surface area contributed by atoms with E-state index in [0.29, 0.717) is 6.54 Å². The largest absolute Gasteiger partial charge is 0.342 e. The van der Waals surface area contributed by atoms with Gasteiger partial charge in [0.2, 0.25) is 11.8 Å². The smallest absolute Gasteiger partial charge is 0.227 e. The Morgan fingerprint density at radius 2 is 2.10 bits per heavy atom. The fourth-order valence-corrected chi connectivity index (χ4v) is 3.27. The normalized spacial score (nSPS) is 28.3. The molecule has 1 N–H and O–H groups in total. The fraction of sp³-hybridized carbons (Fsp3) is 0.875. The minimum atomic E-state index is -0.00712. The Hall–Kier alpha value is -1.10. The summed E-state index contributed by atoms with van der Waals surface area (Å²) in [6, 6.07) is 0.256. The molecule has 0 aliphatic carbocycles. The zero-order chi connectivity index (χ0) is 15.4. The summed E-state index contributed by atoms with van der Waals surface area (Å²) in [7, 11) is 0. The first-order valence-electron chi connectivity index (χ1n) is 8.34. The molecule has 3 atom stereocenters. The first-order valence-corrected chi connectivity index (χ1v) is 8.34. The van der Waals surface area contributed by atoms with Gasteiger partial charge in [-0.2, -0.15) is 0 Å². The van der Waals surface area contributed by atoms with Crippen molar-refractivity contribution in [1.29, 1.82) is 0 Å². The first-order chi connectivity index (χ1) is 10.0. The SMILES string of the molecule is CCC(C)C(=O)N1CCCC(C(=O)N2CCNCC2C)C1. The van der Waals surface area contributed by atoms with Crippen molar-refractivity contribution in [1.82, 2.24) is 15.1 Å². The van der Waals surface area contributed by atoms with Gasteiger partial charge in [-0.15, -0.1) is 0 Å². The Bertz CT molecular complexity index is 386. The highest BCUT2D eigenvalue weighted by Gasteiger charge is 2.34. The molecular formula is C16H29N3O2. The molecule has 120 valence electrons. The van der Waals surface area contributed by atoms with Crippen molar-refractivity contribution in [3.05, 3.63) is 0 Å². The van der Waals surface area contributed by atoms with Gasteiger partial charge in [0.25, 0.3) is 0 Å². The van der Waals surface area contributed by atoms with E-state index in [1.807, 2.05) is 23.6 Å². The summed E-state index contributed by atoms with van der Waals surface area (Å²) in [5, 5.41) is 3.31. The lowest BCUT2D eigenvalue weighted by molar-refractivity contribution is -0.144. The van der Waals surface area contributed by atoms with E-state index in [2.05, 4.69) is 12.2 Å². The summed E-state index contributed by atoms with van der Waals surface area (Å²) in [5.41, 5.74) is 0. The van der Waals surface area contributed by atoms with Crippen LogP contribution in [-0.2, 0) is 9.59 Å². The van der Waals surface area contributed by atoms with Crippen molar-refractivity contribution in [2.45, 2.75) is 46.1 Å². The number of amides is 2. The second-order valence-corrected chi connectivity index (χ2v) is 6.52. The van der Waals surface area contributed by atoms with Gasteiger partial charge in [-0.25, -0.2) is 0 Å². The maximum Gasteiger partial charge on any atom is 0.227 e. The van der Waals surface area contributed by atoms with E-state index in [0.717, 1.165) is 45.4 Å². The van der Waals surface area contributed by atoms with Gasteiger partial charge in [-0.1, -0.05) is 13.8 Å². The fourth-order valence-electron chi connectivity index (χ4n) is 3.27. The van der Waals surface area contributed by atoms with Crippen LogP contribution in [0.5, 0.6) is 0 Å². The molecule has 2 fully saturated rings. The molecule has 0 bridgehead atoms. The molecule has 2 amide bonds. The maximum absolute atomic E-state index is 12.7. The molecule has 5 nitrogen and oxygen atoms in total. The monoisotopic (exact) mass is 295 g/mol. The predicted molar refractivity (Wildman–Crippen MR) is 82.8 cm³/mol. The summed E-state index contributed by atoms with van der Waals surface area (Å²) < 4.78 is 0. The van der Waals surface area contributed by atoms with Gasteiger partial charge in [0.1, 0.15) is 0 Å². The molecule has 0 aromatic carbocycles.